The Morgan fingerprint density at radius 1 is 1.14 bits per heavy atom. The van der Waals surface area contributed by atoms with Crippen molar-refractivity contribution in [2.45, 2.75) is 25.2 Å². The molecule has 0 unspecified atom stereocenters. The molecule has 0 aliphatic rings. The molecular formula is C22H22FN3OS. The van der Waals surface area contributed by atoms with Gasteiger partial charge in [0.2, 0.25) is 5.91 Å². The molecule has 1 N–H and O–H groups in total. The molecular weight excluding hydrogens is 373 g/mol. The highest BCUT2D eigenvalue weighted by Crippen LogP contribution is 2.20. The number of carbonyl (C=O) groups is 1. The van der Waals surface area contributed by atoms with E-state index in [1.165, 1.54) is 12.1 Å². The number of aryl methyl sites for hydroxylation is 1. The molecule has 4 nitrogen and oxygen atoms in total. The summed E-state index contributed by atoms with van der Waals surface area (Å²) in [6.45, 7) is 3.95. The van der Waals surface area contributed by atoms with Gasteiger partial charge in [0.05, 0.1) is 6.21 Å². The highest BCUT2D eigenvalue weighted by molar-refractivity contribution is 7.99. The summed E-state index contributed by atoms with van der Waals surface area (Å²) in [5.74, 6) is 0.318. The number of rotatable bonds is 7. The zero-order chi connectivity index (χ0) is 19.9. The maximum absolute atomic E-state index is 13.2. The summed E-state index contributed by atoms with van der Waals surface area (Å²) in [4.78, 5) is 13.1. The third-order valence-corrected chi connectivity index (χ3v) is 5.30. The highest BCUT2D eigenvalue weighted by atomic mass is 32.2. The fraction of sp³-hybridized carbons (Fsp3) is 0.182. The number of thioether (sulfide) groups is 1. The van der Waals surface area contributed by atoms with Crippen molar-refractivity contribution in [3.8, 4) is 5.69 Å². The first-order valence-electron chi connectivity index (χ1n) is 8.99. The minimum absolute atomic E-state index is 0.118. The van der Waals surface area contributed by atoms with Crippen LogP contribution in [0.2, 0.25) is 0 Å². The monoisotopic (exact) mass is 395 g/mol. The zero-order valence-electron chi connectivity index (χ0n) is 15.9. The molecule has 144 valence electrons. The van der Waals surface area contributed by atoms with Gasteiger partial charge in [0.1, 0.15) is 5.82 Å². The highest BCUT2D eigenvalue weighted by Gasteiger charge is 2.09. The van der Waals surface area contributed by atoms with E-state index >= 15 is 0 Å². The quantitative estimate of drug-likeness (QED) is 0.353. The number of amides is 1. The van der Waals surface area contributed by atoms with E-state index in [2.05, 4.69) is 10.5 Å². The summed E-state index contributed by atoms with van der Waals surface area (Å²) >= 11 is 1.64. The zero-order valence-corrected chi connectivity index (χ0v) is 16.7. The fourth-order valence-electron chi connectivity index (χ4n) is 2.91. The number of aromatic nitrogens is 1. The number of carbonyl (C=O) groups excluding carboxylic acids is 1. The van der Waals surface area contributed by atoms with Gasteiger partial charge in [-0.25, -0.2) is 9.82 Å². The number of nitrogens with one attached hydrogen (secondary N) is 1. The Morgan fingerprint density at radius 2 is 1.86 bits per heavy atom. The summed E-state index contributed by atoms with van der Waals surface area (Å²) in [5, 5.41) is 4.08. The van der Waals surface area contributed by atoms with Crippen LogP contribution in [0.5, 0.6) is 0 Å². The molecule has 1 amide bonds. The second kappa shape index (κ2) is 9.37. The first kappa shape index (κ1) is 19.9. The average Bonchev–Trinajstić information content (AvgIpc) is 2.97. The number of benzene rings is 2. The summed E-state index contributed by atoms with van der Waals surface area (Å²) < 4.78 is 15.2. The summed E-state index contributed by atoms with van der Waals surface area (Å²) in [5.41, 5.74) is 6.35. The largest absolute Gasteiger partial charge is 0.318 e. The Balaban J connectivity index is 1.56. The van der Waals surface area contributed by atoms with E-state index in [0.29, 0.717) is 12.2 Å². The second-order valence-electron chi connectivity index (χ2n) is 6.34. The van der Waals surface area contributed by atoms with Gasteiger partial charge in [-0.05, 0) is 56.3 Å². The molecule has 1 heterocycles. The Kier molecular flexibility index (Phi) is 6.66. The van der Waals surface area contributed by atoms with E-state index in [1.54, 1.807) is 30.1 Å². The molecule has 0 fully saturated rings. The molecule has 3 aromatic rings. The van der Waals surface area contributed by atoms with E-state index in [4.69, 9.17) is 0 Å². The van der Waals surface area contributed by atoms with Crippen molar-refractivity contribution in [3.63, 3.8) is 0 Å². The van der Waals surface area contributed by atoms with E-state index in [0.717, 1.165) is 27.5 Å². The molecule has 0 spiro atoms. The number of hydrogen-bond donors (Lipinski definition) is 1. The van der Waals surface area contributed by atoms with Gasteiger partial charge in [-0.15, -0.1) is 11.8 Å². The molecule has 0 saturated heterocycles. The summed E-state index contributed by atoms with van der Waals surface area (Å²) in [7, 11) is 0. The van der Waals surface area contributed by atoms with E-state index in [-0.39, 0.29) is 11.7 Å². The van der Waals surface area contributed by atoms with Crippen LogP contribution in [0, 0.1) is 19.7 Å². The lowest BCUT2D eigenvalue weighted by molar-refractivity contribution is -0.120. The van der Waals surface area contributed by atoms with Crippen molar-refractivity contribution in [1.29, 1.82) is 0 Å². The third-order valence-electron chi connectivity index (χ3n) is 4.29. The Labute approximate surface area is 168 Å². The minimum atomic E-state index is -0.263. The van der Waals surface area contributed by atoms with Crippen molar-refractivity contribution >= 4 is 23.9 Å². The average molecular weight is 396 g/mol. The maximum Gasteiger partial charge on any atom is 0.240 e. The molecule has 6 heteroatoms. The van der Waals surface area contributed by atoms with Crippen molar-refractivity contribution in [2.24, 2.45) is 5.10 Å². The van der Waals surface area contributed by atoms with Gasteiger partial charge in [-0.3, -0.25) is 4.79 Å². The molecule has 0 atom stereocenters. The van der Waals surface area contributed by atoms with Crippen LogP contribution in [0.25, 0.3) is 5.69 Å². The van der Waals surface area contributed by atoms with E-state index < -0.39 is 0 Å². The molecule has 28 heavy (non-hydrogen) atoms. The Morgan fingerprint density at radius 3 is 2.57 bits per heavy atom. The van der Waals surface area contributed by atoms with Gasteiger partial charge in [-0.1, -0.05) is 18.2 Å². The molecule has 0 aliphatic heterocycles. The maximum atomic E-state index is 13.2. The van der Waals surface area contributed by atoms with Crippen LogP contribution in [0.1, 0.15) is 23.4 Å². The van der Waals surface area contributed by atoms with Crippen molar-refractivity contribution in [3.05, 3.63) is 83.4 Å². The number of halogens is 1. The molecule has 0 saturated carbocycles. The number of nitrogens with zero attached hydrogens (tertiary/aromatic N) is 2. The topological polar surface area (TPSA) is 46.4 Å². The van der Waals surface area contributed by atoms with Crippen LogP contribution >= 0.6 is 11.8 Å². The minimum Gasteiger partial charge on any atom is -0.318 e. The lowest BCUT2D eigenvalue weighted by Gasteiger charge is -2.09. The molecule has 1 aromatic heterocycles. The van der Waals surface area contributed by atoms with Crippen molar-refractivity contribution in [2.75, 3.05) is 5.75 Å². The predicted octanol–water partition coefficient (Wildman–Crippen LogP) is 4.87. The molecule has 2 aromatic carbocycles. The van der Waals surface area contributed by atoms with Gasteiger partial charge in [0, 0.05) is 39.7 Å². The normalized spacial score (nSPS) is 11.1. The predicted molar refractivity (Wildman–Crippen MR) is 113 cm³/mol. The van der Waals surface area contributed by atoms with E-state index in [9.17, 15) is 9.18 Å². The first-order chi connectivity index (χ1) is 13.5. The SMILES string of the molecule is Cc1cc(/C=N\NC(=O)CCSc2ccccc2)c(C)n1-c1ccc(F)cc1. The lowest BCUT2D eigenvalue weighted by Crippen LogP contribution is -2.17. The number of hydrazone groups is 1. The van der Waals surface area contributed by atoms with Crippen LogP contribution in [-0.2, 0) is 4.79 Å². The third kappa shape index (κ3) is 5.10. The van der Waals surface area contributed by atoms with Gasteiger partial charge >= 0.3 is 0 Å². The van der Waals surface area contributed by atoms with E-state index in [1.807, 2.05) is 54.8 Å². The summed E-state index contributed by atoms with van der Waals surface area (Å²) in [6, 6.07) is 18.3. The van der Waals surface area contributed by atoms with Crippen LogP contribution in [0.3, 0.4) is 0 Å². The fourth-order valence-corrected chi connectivity index (χ4v) is 3.79. The molecule has 0 aliphatic carbocycles. The summed E-state index contributed by atoms with van der Waals surface area (Å²) in [6.07, 6.45) is 2.04. The standard InChI is InChI=1S/C22H22FN3OS/c1-16-14-18(17(2)26(16)20-10-8-19(23)9-11-20)15-24-25-22(27)12-13-28-21-6-4-3-5-7-21/h3-11,14-15H,12-13H2,1-2H3,(H,25,27)/b24-15-. The Hall–Kier alpha value is -2.86. The number of hydrogen-bond acceptors (Lipinski definition) is 3. The van der Waals surface area contributed by atoms with Gasteiger partial charge in [-0.2, -0.15) is 5.10 Å². The first-order valence-corrected chi connectivity index (χ1v) is 9.98. The van der Waals surface area contributed by atoms with Crippen LogP contribution in [0.4, 0.5) is 4.39 Å². The Bertz CT molecular complexity index is 965. The molecule has 0 bridgehead atoms. The smallest absolute Gasteiger partial charge is 0.240 e. The molecule has 0 radical (unpaired) electrons. The van der Waals surface area contributed by atoms with Gasteiger partial charge in [0.25, 0.3) is 0 Å². The van der Waals surface area contributed by atoms with Crippen molar-refractivity contribution in [1.82, 2.24) is 9.99 Å². The van der Waals surface area contributed by atoms with Crippen LogP contribution in [-0.4, -0.2) is 22.4 Å². The van der Waals surface area contributed by atoms with Gasteiger partial charge in [0.15, 0.2) is 0 Å². The van der Waals surface area contributed by atoms with Gasteiger partial charge < -0.3 is 4.57 Å². The lowest BCUT2D eigenvalue weighted by atomic mass is 10.2. The van der Waals surface area contributed by atoms with Crippen molar-refractivity contribution < 1.29 is 9.18 Å². The molecule has 3 rings (SSSR count). The second-order valence-corrected chi connectivity index (χ2v) is 7.51. The van der Waals surface area contributed by atoms with Crippen LogP contribution in [0.15, 0.2) is 70.7 Å². The van der Waals surface area contributed by atoms with Crippen LogP contribution < -0.4 is 5.43 Å².